The summed E-state index contributed by atoms with van der Waals surface area (Å²) in [6.45, 7) is 6.18. The van der Waals surface area contributed by atoms with Gasteiger partial charge in [-0.25, -0.2) is 4.79 Å². The lowest BCUT2D eigenvalue weighted by molar-refractivity contribution is 0.237. The molecule has 0 saturated heterocycles. The van der Waals surface area contributed by atoms with Crippen LogP contribution in [0.4, 0.5) is 4.79 Å². The van der Waals surface area contributed by atoms with Gasteiger partial charge in [-0.3, -0.25) is 0 Å². The van der Waals surface area contributed by atoms with E-state index in [1.807, 2.05) is 25.1 Å². The van der Waals surface area contributed by atoms with Crippen molar-refractivity contribution in [1.82, 2.24) is 19.6 Å². The number of carbonyl (C=O) groups excluding carboxylic acids is 1. The minimum Gasteiger partial charge on any atom is -0.244 e. The molecule has 3 rings (SSSR count). The predicted octanol–water partition coefficient (Wildman–Crippen LogP) is 3.62. The molecule has 0 aliphatic carbocycles. The van der Waals surface area contributed by atoms with Gasteiger partial charge in [0, 0.05) is 18.8 Å². The highest BCUT2D eigenvalue weighted by molar-refractivity contribution is 5.78. The molecule has 0 bridgehead atoms. The Hall–Kier alpha value is -2.69. The molecule has 2 aromatic heterocycles. The Morgan fingerprint density at radius 1 is 1.17 bits per heavy atom. The molecule has 3 aromatic rings. The minimum atomic E-state index is -0.249. The summed E-state index contributed by atoms with van der Waals surface area (Å²) in [5.41, 5.74) is 4.13. The van der Waals surface area contributed by atoms with Crippen molar-refractivity contribution in [1.29, 1.82) is 0 Å². The summed E-state index contributed by atoms with van der Waals surface area (Å²) in [4.78, 5) is 12.7. The van der Waals surface area contributed by atoms with Gasteiger partial charge in [0.15, 0.2) is 0 Å². The Morgan fingerprint density at radius 3 is 2.52 bits per heavy atom. The Bertz CT molecular complexity index is 801. The van der Waals surface area contributed by atoms with Crippen molar-refractivity contribution in [3.63, 3.8) is 0 Å². The Balaban J connectivity index is 2.03. The van der Waals surface area contributed by atoms with Crippen LogP contribution >= 0.6 is 0 Å². The normalized spacial score (nSPS) is 11.1. The summed E-state index contributed by atoms with van der Waals surface area (Å²) in [5.74, 6) is 0.200. The minimum absolute atomic E-state index is 0.200. The maximum atomic E-state index is 12.7. The average molecular weight is 308 g/mol. The quantitative estimate of drug-likeness (QED) is 0.742. The maximum absolute atomic E-state index is 12.7. The third-order valence-electron chi connectivity index (χ3n) is 3.91. The fourth-order valence-corrected chi connectivity index (χ4v) is 2.82. The molecule has 0 atom stereocenters. The first kappa shape index (κ1) is 15.2. The maximum Gasteiger partial charge on any atom is 0.369 e. The van der Waals surface area contributed by atoms with Gasteiger partial charge in [-0.2, -0.15) is 19.6 Å². The van der Waals surface area contributed by atoms with E-state index in [4.69, 9.17) is 0 Å². The van der Waals surface area contributed by atoms with Crippen molar-refractivity contribution in [2.45, 2.75) is 33.1 Å². The van der Waals surface area contributed by atoms with E-state index >= 15 is 0 Å². The van der Waals surface area contributed by atoms with Crippen LogP contribution in [-0.2, 0) is 6.42 Å². The van der Waals surface area contributed by atoms with Crippen LogP contribution in [0.5, 0.6) is 0 Å². The van der Waals surface area contributed by atoms with Gasteiger partial charge >= 0.3 is 6.03 Å². The van der Waals surface area contributed by atoms with E-state index in [-0.39, 0.29) is 11.9 Å². The molecular formula is C18H20N4O. The number of aromatic nitrogens is 4. The van der Waals surface area contributed by atoms with Gasteiger partial charge in [0.1, 0.15) is 0 Å². The summed E-state index contributed by atoms with van der Waals surface area (Å²) in [7, 11) is 0. The van der Waals surface area contributed by atoms with E-state index in [0.29, 0.717) is 6.42 Å². The molecule has 0 aliphatic rings. The van der Waals surface area contributed by atoms with Crippen LogP contribution in [0.1, 0.15) is 42.3 Å². The Morgan fingerprint density at radius 2 is 1.91 bits per heavy atom. The van der Waals surface area contributed by atoms with Gasteiger partial charge in [-0.15, -0.1) is 0 Å². The Labute approximate surface area is 135 Å². The summed E-state index contributed by atoms with van der Waals surface area (Å²) in [6.07, 6.45) is 3.94. The van der Waals surface area contributed by atoms with Crippen molar-refractivity contribution in [2.24, 2.45) is 0 Å². The van der Waals surface area contributed by atoms with Crippen LogP contribution in [-0.4, -0.2) is 25.6 Å². The number of nitrogens with zero attached hydrogens (tertiary/aromatic N) is 4. The van der Waals surface area contributed by atoms with Crippen molar-refractivity contribution in [3.8, 4) is 0 Å². The Kier molecular flexibility index (Phi) is 4.10. The molecule has 1 aromatic carbocycles. The standard InChI is InChI=1S/C18H20N4O/c1-13(2)17-14(3)16(12-15-8-5-4-6-9-15)20-22(17)18(23)21-11-7-10-19-21/h4-11,13H,12H2,1-3H3. The molecule has 5 nitrogen and oxygen atoms in total. The van der Waals surface area contributed by atoms with Gasteiger partial charge in [0.25, 0.3) is 0 Å². The van der Waals surface area contributed by atoms with Crippen LogP contribution in [0.25, 0.3) is 0 Å². The second kappa shape index (κ2) is 6.20. The summed E-state index contributed by atoms with van der Waals surface area (Å²) >= 11 is 0. The molecule has 0 fully saturated rings. The monoisotopic (exact) mass is 308 g/mol. The second-order valence-corrected chi connectivity index (χ2v) is 5.92. The van der Waals surface area contributed by atoms with Gasteiger partial charge in [0.2, 0.25) is 0 Å². The van der Waals surface area contributed by atoms with Crippen LogP contribution < -0.4 is 0 Å². The fourth-order valence-electron chi connectivity index (χ4n) is 2.82. The highest BCUT2D eigenvalue weighted by Gasteiger charge is 2.22. The number of benzene rings is 1. The van der Waals surface area contributed by atoms with Crippen molar-refractivity contribution >= 4 is 6.03 Å². The van der Waals surface area contributed by atoms with Crippen LogP contribution in [0, 0.1) is 6.92 Å². The summed E-state index contributed by atoms with van der Waals surface area (Å²) < 4.78 is 2.80. The topological polar surface area (TPSA) is 52.7 Å². The second-order valence-electron chi connectivity index (χ2n) is 5.92. The fraction of sp³-hybridized carbons (Fsp3) is 0.278. The molecule has 0 unspecified atom stereocenters. The zero-order valence-electron chi connectivity index (χ0n) is 13.6. The van der Waals surface area contributed by atoms with E-state index in [2.05, 4.69) is 36.2 Å². The zero-order chi connectivity index (χ0) is 16.4. The van der Waals surface area contributed by atoms with Gasteiger partial charge in [0.05, 0.1) is 11.4 Å². The molecule has 0 saturated carbocycles. The lowest BCUT2D eigenvalue weighted by Gasteiger charge is -2.09. The van der Waals surface area contributed by atoms with E-state index in [9.17, 15) is 4.79 Å². The van der Waals surface area contributed by atoms with Crippen LogP contribution in [0.15, 0.2) is 48.8 Å². The lowest BCUT2D eigenvalue weighted by atomic mass is 10.0. The first-order chi connectivity index (χ1) is 11.1. The molecule has 2 heterocycles. The highest BCUT2D eigenvalue weighted by Crippen LogP contribution is 2.24. The molecule has 0 N–H and O–H groups in total. The van der Waals surface area contributed by atoms with Crippen molar-refractivity contribution in [2.75, 3.05) is 0 Å². The predicted molar refractivity (Wildman–Crippen MR) is 88.7 cm³/mol. The number of hydrogen-bond acceptors (Lipinski definition) is 3. The SMILES string of the molecule is Cc1c(Cc2ccccc2)nn(C(=O)n2cccn2)c1C(C)C. The average Bonchev–Trinajstić information content (AvgIpc) is 3.17. The van der Waals surface area contributed by atoms with Gasteiger partial charge in [-0.1, -0.05) is 44.2 Å². The third-order valence-corrected chi connectivity index (χ3v) is 3.91. The summed E-state index contributed by atoms with van der Waals surface area (Å²) in [6, 6.07) is 11.6. The zero-order valence-corrected chi connectivity index (χ0v) is 13.6. The molecule has 23 heavy (non-hydrogen) atoms. The smallest absolute Gasteiger partial charge is 0.244 e. The molecule has 0 amide bonds. The molecule has 0 spiro atoms. The molecule has 5 heteroatoms. The van der Waals surface area contributed by atoms with Crippen molar-refractivity contribution in [3.05, 3.63) is 71.3 Å². The first-order valence-electron chi connectivity index (χ1n) is 7.74. The van der Waals surface area contributed by atoms with Crippen LogP contribution in [0.3, 0.4) is 0 Å². The summed E-state index contributed by atoms with van der Waals surface area (Å²) in [5, 5.41) is 8.61. The highest BCUT2D eigenvalue weighted by atomic mass is 16.2. The first-order valence-corrected chi connectivity index (χ1v) is 7.74. The lowest BCUT2D eigenvalue weighted by Crippen LogP contribution is -2.23. The van der Waals surface area contributed by atoms with E-state index in [1.54, 1.807) is 18.5 Å². The number of carbonyl (C=O) groups is 1. The molecule has 118 valence electrons. The molecule has 0 radical (unpaired) electrons. The molecule has 0 aliphatic heterocycles. The van der Waals surface area contributed by atoms with E-state index in [0.717, 1.165) is 17.0 Å². The van der Waals surface area contributed by atoms with Crippen LogP contribution in [0.2, 0.25) is 0 Å². The van der Waals surface area contributed by atoms with Gasteiger partial charge < -0.3 is 0 Å². The number of rotatable bonds is 3. The molecular weight excluding hydrogens is 288 g/mol. The van der Waals surface area contributed by atoms with E-state index < -0.39 is 0 Å². The van der Waals surface area contributed by atoms with Crippen molar-refractivity contribution < 1.29 is 4.79 Å². The largest absolute Gasteiger partial charge is 0.369 e. The van der Waals surface area contributed by atoms with E-state index in [1.165, 1.54) is 14.9 Å². The number of hydrogen-bond donors (Lipinski definition) is 0. The third kappa shape index (κ3) is 2.95. The van der Waals surface area contributed by atoms with Gasteiger partial charge in [-0.05, 0) is 30.0 Å².